The first-order chi connectivity index (χ1) is 15.0. The number of hydrogen-bond donors (Lipinski definition) is 1. The van der Waals surface area contributed by atoms with Crippen molar-refractivity contribution in [1.29, 1.82) is 0 Å². The van der Waals surface area contributed by atoms with Crippen molar-refractivity contribution in [2.24, 2.45) is 0 Å². The highest BCUT2D eigenvalue weighted by molar-refractivity contribution is 6.07. The van der Waals surface area contributed by atoms with E-state index in [1.165, 1.54) is 11.8 Å². The number of aliphatic hydroxyl groups is 1. The SMILES string of the molecule is CN(C)C1CCN(c2ccc(C(=O)/C=C/c3ccc(/C=C/C(=O)CO)cc3)cc2)CC1. The number of ketones is 2. The highest BCUT2D eigenvalue weighted by Gasteiger charge is 2.20. The third-order valence-electron chi connectivity index (χ3n) is 5.69. The van der Waals surface area contributed by atoms with Crippen molar-refractivity contribution in [2.75, 3.05) is 38.7 Å². The molecule has 0 aliphatic carbocycles. The van der Waals surface area contributed by atoms with E-state index in [4.69, 9.17) is 5.11 Å². The Bertz CT molecular complexity index is 936. The lowest BCUT2D eigenvalue weighted by Gasteiger charge is -2.36. The summed E-state index contributed by atoms with van der Waals surface area (Å²) in [6.45, 7) is 1.58. The fraction of sp³-hybridized carbons (Fsp3) is 0.308. The van der Waals surface area contributed by atoms with Gasteiger partial charge in [0.1, 0.15) is 6.61 Å². The fourth-order valence-corrected chi connectivity index (χ4v) is 3.71. The van der Waals surface area contributed by atoms with Crippen LogP contribution >= 0.6 is 0 Å². The standard InChI is InChI=1S/C26H30N2O3/c1-27(2)23-15-17-28(18-16-23)24-11-9-22(10-12-24)26(31)14-8-21-5-3-20(4-6-21)7-13-25(30)19-29/h3-14,23,29H,15-19H2,1-2H3/b13-7+,14-8+. The van der Waals surface area contributed by atoms with Crippen molar-refractivity contribution in [3.8, 4) is 0 Å². The number of carbonyl (C=O) groups is 2. The molecule has 2 aromatic rings. The molecule has 5 heteroatoms. The maximum atomic E-state index is 12.5. The highest BCUT2D eigenvalue weighted by Crippen LogP contribution is 2.22. The normalized spacial score (nSPS) is 15.3. The molecule has 0 atom stereocenters. The fourth-order valence-electron chi connectivity index (χ4n) is 3.71. The van der Waals surface area contributed by atoms with E-state index >= 15 is 0 Å². The van der Waals surface area contributed by atoms with E-state index in [1.807, 2.05) is 48.5 Å². The Labute approximate surface area is 184 Å². The number of aliphatic hydroxyl groups excluding tert-OH is 1. The number of carbonyl (C=O) groups excluding carboxylic acids is 2. The van der Waals surface area contributed by atoms with E-state index in [0.29, 0.717) is 11.6 Å². The molecular weight excluding hydrogens is 388 g/mol. The van der Waals surface area contributed by atoms with E-state index < -0.39 is 6.61 Å². The van der Waals surface area contributed by atoms with Crippen LogP contribution in [0.15, 0.2) is 60.7 Å². The molecule has 0 amide bonds. The van der Waals surface area contributed by atoms with Crippen LogP contribution in [0.1, 0.15) is 34.3 Å². The Hall–Kier alpha value is -3.02. The summed E-state index contributed by atoms with van der Waals surface area (Å²) in [5.74, 6) is -0.367. The summed E-state index contributed by atoms with van der Waals surface area (Å²) in [6.07, 6.45) is 8.68. The van der Waals surface area contributed by atoms with Crippen molar-refractivity contribution in [2.45, 2.75) is 18.9 Å². The minimum atomic E-state index is -0.491. The largest absolute Gasteiger partial charge is 0.388 e. The van der Waals surface area contributed by atoms with E-state index in [9.17, 15) is 9.59 Å². The summed E-state index contributed by atoms with van der Waals surface area (Å²) >= 11 is 0. The summed E-state index contributed by atoms with van der Waals surface area (Å²) in [6, 6.07) is 16.0. The molecule has 5 nitrogen and oxygen atoms in total. The quantitative estimate of drug-likeness (QED) is 0.523. The van der Waals surface area contributed by atoms with E-state index in [2.05, 4.69) is 23.9 Å². The summed E-state index contributed by atoms with van der Waals surface area (Å²) in [5.41, 5.74) is 3.60. The second-order valence-electron chi connectivity index (χ2n) is 8.05. The van der Waals surface area contributed by atoms with Crippen LogP contribution in [0.5, 0.6) is 0 Å². The third-order valence-corrected chi connectivity index (χ3v) is 5.69. The van der Waals surface area contributed by atoms with Crippen LogP contribution in [0.2, 0.25) is 0 Å². The molecule has 2 aromatic carbocycles. The monoisotopic (exact) mass is 418 g/mol. The van der Waals surface area contributed by atoms with E-state index in [0.717, 1.165) is 37.1 Å². The van der Waals surface area contributed by atoms with Gasteiger partial charge in [-0.25, -0.2) is 0 Å². The molecule has 0 radical (unpaired) electrons. The molecule has 1 aliphatic rings. The van der Waals surface area contributed by atoms with Crippen LogP contribution in [0.3, 0.4) is 0 Å². The summed E-state index contributed by atoms with van der Waals surface area (Å²) in [7, 11) is 4.28. The number of anilines is 1. The molecule has 162 valence electrons. The number of piperidine rings is 1. The Morgan fingerprint density at radius 3 is 2.00 bits per heavy atom. The van der Waals surface area contributed by atoms with Crippen LogP contribution in [-0.4, -0.2) is 61.4 Å². The van der Waals surface area contributed by atoms with Gasteiger partial charge >= 0.3 is 0 Å². The van der Waals surface area contributed by atoms with Crippen LogP contribution in [-0.2, 0) is 4.79 Å². The summed E-state index contributed by atoms with van der Waals surface area (Å²) < 4.78 is 0. The van der Waals surface area contributed by atoms with Crippen LogP contribution < -0.4 is 4.90 Å². The lowest BCUT2D eigenvalue weighted by molar-refractivity contribution is -0.117. The predicted molar refractivity (Wildman–Crippen MR) is 126 cm³/mol. The first-order valence-corrected chi connectivity index (χ1v) is 10.6. The molecule has 1 saturated heterocycles. The molecular formula is C26H30N2O3. The first kappa shape index (κ1) is 22.7. The highest BCUT2D eigenvalue weighted by atomic mass is 16.3. The van der Waals surface area contributed by atoms with Crippen molar-refractivity contribution in [3.05, 3.63) is 77.4 Å². The van der Waals surface area contributed by atoms with Gasteiger partial charge in [0.05, 0.1) is 0 Å². The number of benzene rings is 2. The first-order valence-electron chi connectivity index (χ1n) is 10.6. The molecule has 31 heavy (non-hydrogen) atoms. The second-order valence-corrected chi connectivity index (χ2v) is 8.05. The van der Waals surface area contributed by atoms with Gasteiger partial charge in [-0.05, 0) is 74.5 Å². The van der Waals surface area contributed by atoms with Gasteiger partial charge in [0, 0.05) is 30.4 Å². The molecule has 1 fully saturated rings. The Morgan fingerprint density at radius 1 is 0.935 bits per heavy atom. The summed E-state index contributed by atoms with van der Waals surface area (Å²) in [5, 5.41) is 8.74. The minimum absolute atomic E-state index is 0.0321. The predicted octanol–water partition coefficient (Wildman–Crippen LogP) is 3.69. The molecule has 0 aromatic heterocycles. The van der Waals surface area contributed by atoms with Crippen LogP contribution in [0.4, 0.5) is 5.69 Å². The summed E-state index contributed by atoms with van der Waals surface area (Å²) in [4.78, 5) is 28.3. The lowest BCUT2D eigenvalue weighted by Crippen LogP contribution is -2.41. The van der Waals surface area contributed by atoms with Gasteiger partial charge in [-0.2, -0.15) is 0 Å². The molecule has 0 unspecified atom stereocenters. The third kappa shape index (κ3) is 6.48. The average Bonchev–Trinajstić information content (AvgIpc) is 2.81. The van der Waals surface area contributed by atoms with E-state index in [-0.39, 0.29) is 11.6 Å². The molecule has 1 N–H and O–H groups in total. The van der Waals surface area contributed by atoms with Gasteiger partial charge < -0.3 is 14.9 Å². The Kier molecular flexibility index (Phi) is 7.93. The van der Waals surface area contributed by atoms with Crippen LogP contribution in [0.25, 0.3) is 12.2 Å². The van der Waals surface area contributed by atoms with Gasteiger partial charge in [-0.1, -0.05) is 36.4 Å². The number of allylic oxidation sites excluding steroid dienone is 1. The maximum absolute atomic E-state index is 12.5. The maximum Gasteiger partial charge on any atom is 0.185 e. The lowest BCUT2D eigenvalue weighted by atomic mass is 10.0. The second kappa shape index (κ2) is 10.8. The van der Waals surface area contributed by atoms with Crippen molar-refractivity contribution < 1.29 is 14.7 Å². The molecule has 1 aliphatic heterocycles. The zero-order valence-corrected chi connectivity index (χ0v) is 18.2. The molecule has 0 spiro atoms. The van der Waals surface area contributed by atoms with E-state index in [1.54, 1.807) is 18.2 Å². The van der Waals surface area contributed by atoms with Gasteiger partial charge in [0.15, 0.2) is 11.6 Å². The van der Waals surface area contributed by atoms with Gasteiger partial charge in [-0.15, -0.1) is 0 Å². The van der Waals surface area contributed by atoms with Gasteiger partial charge in [-0.3, -0.25) is 9.59 Å². The smallest absolute Gasteiger partial charge is 0.185 e. The van der Waals surface area contributed by atoms with Crippen LogP contribution in [0, 0.1) is 0 Å². The molecule has 1 heterocycles. The molecule has 0 saturated carbocycles. The van der Waals surface area contributed by atoms with Crippen molar-refractivity contribution in [3.63, 3.8) is 0 Å². The van der Waals surface area contributed by atoms with Gasteiger partial charge in [0.25, 0.3) is 0 Å². The van der Waals surface area contributed by atoms with Gasteiger partial charge in [0.2, 0.25) is 0 Å². The molecule has 0 bridgehead atoms. The topological polar surface area (TPSA) is 60.9 Å². The average molecular weight is 419 g/mol. The van der Waals surface area contributed by atoms with Crippen molar-refractivity contribution in [1.82, 2.24) is 4.90 Å². The number of nitrogens with zero attached hydrogens (tertiary/aromatic N) is 2. The zero-order valence-electron chi connectivity index (χ0n) is 18.2. The zero-order chi connectivity index (χ0) is 22.2. The minimum Gasteiger partial charge on any atom is -0.388 e. The van der Waals surface area contributed by atoms with Crippen molar-refractivity contribution >= 4 is 29.4 Å². The molecule has 3 rings (SSSR count). The number of rotatable bonds is 8. The number of hydrogen-bond acceptors (Lipinski definition) is 5. The Morgan fingerprint density at radius 2 is 1.48 bits per heavy atom. The Balaban J connectivity index is 1.56.